The minimum Gasteiger partial charge on any atom is -0.493 e. The molecule has 2 heterocycles. The number of methoxy groups -OCH3 is 6. The third-order valence-corrected chi connectivity index (χ3v) is 9.55. The summed E-state index contributed by atoms with van der Waals surface area (Å²) in [6.07, 6.45) is 5.75. The van der Waals surface area contributed by atoms with Gasteiger partial charge in [-0.2, -0.15) is 0 Å². The highest BCUT2D eigenvalue weighted by Gasteiger charge is 2.17. The number of unbranched alkanes of at least 4 members (excludes halogenated alkanes) is 1. The van der Waals surface area contributed by atoms with Gasteiger partial charge in [-0.15, -0.1) is 43.1 Å². The second-order valence-corrected chi connectivity index (χ2v) is 13.2. The van der Waals surface area contributed by atoms with Crippen molar-refractivity contribution >= 4 is 34.2 Å². The van der Waals surface area contributed by atoms with E-state index in [0.717, 1.165) is 56.8 Å². The molecule has 0 aliphatic carbocycles. The number of ketones is 2. The fourth-order valence-electron chi connectivity index (χ4n) is 5.12. The molecule has 0 spiro atoms. The van der Waals surface area contributed by atoms with Crippen LogP contribution in [0.2, 0.25) is 0 Å². The number of carbonyl (C=O) groups is 2. The van der Waals surface area contributed by atoms with E-state index in [-0.39, 0.29) is 24.4 Å². The Morgan fingerprint density at radius 1 is 0.500 bits per heavy atom. The normalized spacial score (nSPS) is 10.9. The lowest BCUT2D eigenvalue weighted by molar-refractivity contribution is -0.119. The molecule has 4 aromatic rings. The van der Waals surface area contributed by atoms with Gasteiger partial charge in [-0.05, 0) is 61.1 Å². The molecule has 0 N–H and O–H groups in total. The summed E-state index contributed by atoms with van der Waals surface area (Å²) in [6.45, 7) is 0. The molecule has 48 heavy (non-hydrogen) atoms. The Kier molecular flexibility index (Phi) is 13.9. The number of aromatic nitrogens is 4. The van der Waals surface area contributed by atoms with Gasteiger partial charge in [0.1, 0.15) is 31.6 Å². The van der Waals surface area contributed by atoms with Crippen LogP contribution >= 0.6 is 22.7 Å². The van der Waals surface area contributed by atoms with E-state index in [2.05, 4.69) is 20.4 Å². The van der Waals surface area contributed by atoms with Gasteiger partial charge < -0.3 is 28.4 Å². The number of hydrogen-bond donors (Lipinski definition) is 0. The maximum absolute atomic E-state index is 12.7. The highest BCUT2D eigenvalue weighted by molar-refractivity contribution is 7.11. The molecule has 12 nitrogen and oxygen atoms in total. The summed E-state index contributed by atoms with van der Waals surface area (Å²) in [6, 6.07) is 7.45. The summed E-state index contributed by atoms with van der Waals surface area (Å²) in [5.74, 6) is 3.50. The maximum atomic E-state index is 12.7. The van der Waals surface area contributed by atoms with Gasteiger partial charge in [-0.25, -0.2) is 0 Å². The van der Waals surface area contributed by atoms with E-state index in [1.165, 1.54) is 22.7 Å². The van der Waals surface area contributed by atoms with Crippen molar-refractivity contribution in [2.45, 2.75) is 64.2 Å². The quantitative estimate of drug-likeness (QED) is 0.102. The summed E-state index contributed by atoms with van der Waals surface area (Å²) >= 11 is 2.97. The van der Waals surface area contributed by atoms with Crippen molar-refractivity contribution < 1.29 is 38.0 Å². The monoisotopic (exact) mass is 698 g/mol. The van der Waals surface area contributed by atoms with Gasteiger partial charge in [0.2, 0.25) is 11.5 Å². The van der Waals surface area contributed by atoms with Crippen LogP contribution in [-0.2, 0) is 48.1 Å². The lowest BCUT2D eigenvalue weighted by Crippen LogP contribution is -2.05. The third kappa shape index (κ3) is 10.1. The summed E-state index contributed by atoms with van der Waals surface area (Å²) < 4.78 is 32.4. The number of nitrogens with zero attached hydrogens (tertiary/aromatic N) is 4. The molecule has 0 fully saturated rings. The van der Waals surface area contributed by atoms with Crippen LogP contribution in [0.4, 0.5) is 0 Å². The van der Waals surface area contributed by atoms with Gasteiger partial charge in [0.05, 0.1) is 55.5 Å². The van der Waals surface area contributed by atoms with Gasteiger partial charge in [0, 0.05) is 25.7 Å². The van der Waals surface area contributed by atoms with Crippen molar-refractivity contribution in [2.24, 2.45) is 0 Å². The molecule has 0 saturated carbocycles. The zero-order valence-electron chi connectivity index (χ0n) is 28.3. The summed E-state index contributed by atoms with van der Waals surface area (Å²) in [7, 11) is 9.40. The molecule has 0 radical (unpaired) electrons. The first kappa shape index (κ1) is 36.5. The fourth-order valence-corrected chi connectivity index (χ4v) is 6.94. The molecule has 0 aliphatic heterocycles. The number of ether oxygens (including phenoxy) is 6. The van der Waals surface area contributed by atoms with Crippen molar-refractivity contribution in [2.75, 3.05) is 42.7 Å². The van der Waals surface area contributed by atoms with Gasteiger partial charge in [0.25, 0.3) is 0 Å². The second-order valence-electron chi connectivity index (χ2n) is 10.9. The Labute approximate surface area is 288 Å². The van der Waals surface area contributed by atoms with Crippen LogP contribution in [0.3, 0.4) is 0 Å². The highest BCUT2D eigenvalue weighted by Crippen LogP contribution is 2.39. The van der Waals surface area contributed by atoms with Crippen LogP contribution in [0.5, 0.6) is 34.5 Å². The van der Waals surface area contributed by atoms with E-state index >= 15 is 0 Å². The van der Waals surface area contributed by atoms with Crippen LogP contribution < -0.4 is 28.4 Å². The Morgan fingerprint density at radius 2 is 0.833 bits per heavy atom. The predicted molar refractivity (Wildman–Crippen MR) is 183 cm³/mol. The molecule has 2 aromatic heterocycles. The zero-order chi connectivity index (χ0) is 34.5. The van der Waals surface area contributed by atoms with Crippen LogP contribution in [0.1, 0.15) is 56.8 Å². The van der Waals surface area contributed by atoms with E-state index in [0.29, 0.717) is 60.2 Å². The van der Waals surface area contributed by atoms with Crippen molar-refractivity contribution in [3.63, 3.8) is 0 Å². The molecule has 2 aromatic carbocycles. The number of carbonyl (C=O) groups excluding carboxylic acids is 2. The first-order valence-electron chi connectivity index (χ1n) is 15.5. The summed E-state index contributed by atoms with van der Waals surface area (Å²) in [5.41, 5.74) is 1.86. The Bertz CT molecular complexity index is 1500. The maximum Gasteiger partial charge on any atom is 0.203 e. The topological polar surface area (TPSA) is 141 Å². The number of aryl methyl sites for hydroxylation is 4. The minimum absolute atomic E-state index is 0.0956. The molecule has 0 saturated heterocycles. The Hall–Kier alpha value is -4.30. The van der Waals surface area contributed by atoms with E-state index in [1.54, 1.807) is 42.7 Å². The Morgan fingerprint density at radius 3 is 1.15 bits per heavy atom. The number of benzene rings is 2. The average Bonchev–Trinajstić information content (AvgIpc) is 3.75. The molecule has 0 amide bonds. The SMILES string of the molecule is COc1cc(CCC(=O)Cc2nnc(CCCCc3nnc(CC(=O)CCc4cc(OC)c(OC)c(OC)c4)s3)s2)cc(OC)c1OC. The Balaban J connectivity index is 1.16. The largest absolute Gasteiger partial charge is 0.493 e. The van der Waals surface area contributed by atoms with Crippen molar-refractivity contribution in [3.8, 4) is 34.5 Å². The van der Waals surface area contributed by atoms with E-state index in [1.807, 2.05) is 24.3 Å². The van der Waals surface area contributed by atoms with Crippen molar-refractivity contribution in [3.05, 3.63) is 55.4 Å². The minimum atomic E-state index is 0.0956. The molecule has 4 rings (SSSR count). The molecule has 0 aliphatic rings. The van der Waals surface area contributed by atoms with Crippen LogP contribution in [0.25, 0.3) is 0 Å². The smallest absolute Gasteiger partial charge is 0.203 e. The first-order chi connectivity index (χ1) is 23.3. The van der Waals surface area contributed by atoms with Crippen LogP contribution in [-0.4, -0.2) is 74.6 Å². The van der Waals surface area contributed by atoms with Gasteiger partial charge >= 0.3 is 0 Å². The van der Waals surface area contributed by atoms with E-state index < -0.39 is 0 Å². The summed E-state index contributed by atoms with van der Waals surface area (Å²) in [4.78, 5) is 25.4. The molecule has 14 heteroatoms. The van der Waals surface area contributed by atoms with Crippen molar-refractivity contribution in [1.29, 1.82) is 0 Å². The standard InChI is InChI=1S/C34H42N4O8S2/c1-41-25-15-21(16-26(42-2)33(25)45-5)11-13-23(39)19-31-37-35-29(47-31)9-7-8-10-30-36-38-32(48-30)20-24(40)14-12-22-17-27(43-3)34(46-6)28(18-22)44-4/h15-18H,7-14,19-20H2,1-6H3. The number of rotatable bonds is 21. The van der Waals surface area contributed by atoms with Crippen LogP contribution in [0.15, 0.2) is 24.3 Å². The zero-order valence-corrected chi connectivity index (χ0v) is 29.9. The lowest BCUT2D eigenvalue weighted by atomic mass is 10.0. The average molecular weight is 699 g/mol. The van der Waals surface area contributed by atoms with Gasteiger partial charge in [-0.1, -0.05) is 0 Å². The molecule has 0 unspecified atom stereocenters. The third-order valence-electron chi connectivity index (χ3n) is 7.58. The fraction of sp³-hybridized carbons (Fsp3) is 0.471. The lowest BCUT2D eigenvalue weighted by Gasteiger charge is -2.14. The molecule has 0 atom stereocenters. The van der Waals surface area contributed by atoms with Gasteiger partial charge in [-0.3, -0.25) is 9.59 Å². The summed E-state index contributed by atoms with van der Waals surface area (Å²) in [5, 5.41) is 20.3. The van der Waals surface area contributed by atoms with Gasteiger partial charge in [0.15, 0.2) is 23.0 Å². The van der Waals surface area contributed by atoms with E-state index in [9.17, 15) is 9.59 Å². The second kappa shape index (κ2) is 18.3. The molecule has 258 valence electrons. The number of Topliss-reactive ketones (excluding diaryl/α,β-unsaturated/α-hetero) is 2. The highest BCUT2D eigenvalue weighted by atomic mass is 32.1. The van der Waals surface area contributed by atoms with Crippen LogP contribution in [0, 0.1) is 0 Å². The number of hydrogen-bond acceptors (Lipinski definition) is 14. The molecular weight excluding hydrogens is 657 g/mol. The molecular formula is C34H42N4O8S2. The predicted octanol–water partition coefficient (Wildman–Crippen LogP) is 5.50. The molecule has 0 bridgehead atoms. The van der Waals surface area contributed by atoms with E-state index in [4.69, 9.17) is 28.4 Å². The first-order valence-corrected chi connectivity index (χ1v) is 17.2. The van der Waals surface area contributed by atoms with Crippen molar-refractivity contribution in [1.82, 2.24) is 20.4 Å².